The fraction of sp³-hybridized carbons (Fsp3) is 0.312. The van der Waals surface area contributed by atoms with E-state index in [1.807, 2.05) is 0 Å². The molecule has 0 fully saturated rings. The number of carbonyl (C=O) groups excluding carboxylic acids is 3. The number of carbonyl (C=O) groups is 3. The van der Waals surface area contributed by atoms with Crippen LogP contribution in [0.5, 0.6) is 0 Å². The molecule has 1 heterocycles. The van der Waals surface area contributed by atoms with Gasteiger partial charge in [-0.1, -0.05) is 17.9 Å². The van der Waals surface area contributed by atoms with Gasteiger partial charge in [0.25, 0.3) is 11.7 Å². The Labute approximate surface area is 128 Å². The standard InChI is InChI=1S/C16H16N2O4/c1-16(2,3)22-15(21)17-9-5-7-10-6-4-8-11-12(10)18-14(20)13(11)19/h4,6,8H,9H2,1-3H3,(H,17,21)(H,18,19,20). The number of para-hydroxylation sites is 1. The van der Waals surface area contributed by atoms with Crippen molar-refractivity contribution in [3.63, 3.8) is 0 Å². The molecule has 1 aliphatic heterocycles. The van der Waals surface area contributed by atoms with Gasteiger partial charge in [-0.25, -0.2) is 4.79 Å². The molecule has 1 aliphatic rings. The third kappa shape index (κ3) is 3.64. The number of hydrogen-bond donors (Lipinski definition) is 2. The third-order valence-electron chi connectivity index (χ3n) is 2.70. The van der Waals surface area contributed by atoms with Crippen molar-refractivity contribution in [2.75, 3.05) is 11.9 Å². The van der Waals surface area contributed by atoms with Gasteiger partial charge in [-0.2, -0.15) is 0 Å². The summed E-state index contributed by atoms with van der Waals surface area (Å²) in [5, 5.41) is 5.00. The highest BCUT2D eigenvalue weighted by Crippen LogP contribution is 2.26. The molecule has 0 spiro atoms. The fourth-order valence-corrected chi connectivity index (χ4v) is 1.84. The second-order valence-electron chi connectivity index (χ2n) is 5.67. The third-order valence-corrected chi connectivity index (χ3v) is 2.70. The van der Waals surface area contributed by atoms with E-state index in [4.69, 9.17) is 4.74 Å². The molecule has 1 aromatic rings. The number of fused-ring (bicyclic) bond motifs is 1. The van der Waals surface area contributed by atoms with Crippen LogP contribution in [0.2, 0.25) is 0 Å². The van der Waals surface area contributed by atoms with Gasteiger partial charge in [0.2, 0.25) is 0 Å². The normalized spacial score (nSPS) is 12.9. The zero-order valence-electron chi connectivity index (χ0n) is 12.6. The molecule has 22 heavy (non-hydrogen) atoms. The van der Waals surface area contributed by atoms with E-state index < -0.39 is 23.4 Å². The summed E-state index contributed by atoms with van der Waals surface area (Å²) in [6, 6.07) is 4.92. The predicted octanol–water partition coefficient (Wildman–Crippen LogP) is 1.70. The monoisotopic (exact) mass is 300 g/mol. The summed E-state index contributed by atoms with van der Waals surface area (Å²) in [5.74, 6) is 4.35. The molecule has 2 N–H and O–H groups in total. The number of ether oxygens (including phenoxy) is 1. The van der Waals surface area contributed by atoms with Crippen molar-refractivity contribution in [2.24, 2.45) is 0 Å². The first kappa shape index (κ1) is 15.6. The lowest BCUT2D eigenvalue weighted by Crippen LogP contribution is -2.32. The van der Waals surface area contributed by atoms with E-state index in [1.54, 1.807) is 39.0 Å². The number of amides is 2. The molecular formula is C16H16N2O4. The molecule has 0 saturated carbocycles. The van der Waals surface area contributed by atoms with Gasteiger partial charge < -0.3 is 15.4 Å². The van der Waals surface area contributed by atoms with E-state index in [9.17, 15) is 14.4 Å². The van der Waals surface area contributed by atoms with Crippen molar-refractivity contribution in [3.05, 3.63) is 29.3 Å². The van der Waals surface area contributed by atoms with Crippen LogP contribution < -0.4 is 10.6 Å². The minimum absolute atomic E-state index is 0.0977. The van der Waals surface area contributed by atoms with E-state index in [2.05, 4.69) is 22.5 Å². The summed E-state index contributed by atoms with van der Waals surface area (Å²) in [6.45, 7) is 5.40. The maximum atomic E-state index is 11.6. The number of rotatable bonds is 1. The van der Waals surface area contributed by atoms with Crippen molar-refractivity contribution in [2.45, 2.75) is 26.4 Å². The van der Waals surface area contributed by atoms with Crippen LogP contribution in [-0.4, -0.2) is 29.9 Å². The molecule has 1 aromatic carbocycles. The smallest absolute Gasteiger partial charge is 0.408 e. The van der Waals surface area contributed by atoms with Gasteiger partial charge in [-0.15, -0.1) is 0 Å². The van der Waals surface area contributed by atoms with Gasteiger partial charge in [-0.3, -0.25) is 9.59 Å². The number of benzene rings is 1. The van der Waals surface area contributed by atoms with Crippen molar-refractivity contribution >= 4 is 23.5 Å². The Bertz CT molecular complexity index is 705. The van der Waals surface area contributed by atoms with Crippen LogP contribution in [0.1, 0.15) is 36.7 Å². The Morgan fingerprint density at radius 2 is 2.05 bits per heavy atom. The predicted molar refractivity (Wildman–Crippen MR) is 80.5 cm³/mol. The minimum atomic E-state index is -0.656. The SMILES string of the molecule is CC(C)(C)OC(=O)NCC#Cc1cccc2c1NC(=O)C2=O. The van der Waals surface area contributed by atoms with Crippen LogP contribution in [0.3, 0.4) is 0 Å². The van der Waals surface area contributed by atoms with Gasteiger partial charge in [0.15, 0.2) is 0 Å². The molecule has 2 rings (SSSR count). The minimum Gasteiger partial charge on any atom is -0.444 e. The van der Waals surface area contributed by atoms with Crippen LogP contribution in [0, 0.1) is 11.8 Å². The first-order valence-electron chi connectivity index (χ1n) is 6.72. The largest absolute Gasteiger partial charge is 0.444 e. The van der Waals surface area contributed by atoms with Crippen molar-refractivity contribution in [1.29, 1.82) is 0 Å². The van der Waals surface area contributed by atoms with Crippen molar-refractivity contribution in [3.8, 4) is 11.8 Å². The van der Waals surface area contributed by atoms with E-state index in [1.165, 1.54) is 0 Å². The van der Waals surface area contributed by atoms with Crippen LogP contribution >= 0.6 is 0 Å². The first-order valence-corrected chi connectivity index (χ1v) is 6.72. The fourth-order valence-electron chi connectivity index (χ4n) is 1.84. The second kappa shape index (κ2) is 5.90. The summed E-state index contributed by atoms with van der Waals surface area (Å²) in [5.41, 5.74) is 0.699. The lowest BCUT2D eigenvalue weighted by atomic mass is 10.1. The Kier molecular flexibility index (Phi) is 4.18. The van der Waals surface area contributed by atoms with E-state index >= 15 is 0 Å². The molecule has 0 aliphatic carbocycles. The average Bonchev–Trinajstić information content (AvgIpc) is 2.70. The zero-order valence-corrected chi connectivity index (χ0v) is 12.6. The molecule has 6 nitrogen and oxygen atoms in total. The van der Waals surface area contributed by atoms with Crippen LogP contribution in [-0.2, 0) is 9.53 Å². The molecule has 2 amide bonds. The van der Waals surface area contributed by atoms with Gasteiger partial charge in [-0.05, 0) is 32.9 Å². The molecule has 0 saturated heterocycles. The molecule has 0 atom stereocenters. The molecule has 0 radical (unpaired) electrons. The van der Waals surface area contributed by atoms with Gasteiger partial charge >= 0.3 is 6.09 Å². The van der Waals surface area contributed by atoms with E-state index in [0.29, 0.717) is 16.8 Å². The molecular weight excluding hydrogens is 284 g/mol. The Balaban J connectivity index is 2.01. The number of Topliss-reactive ketones (excluding diaryl/α,β-unsaturated/α-hetero) is 1. The average molecular weight is 300 g/mol. The maximum absolute atomic E-state index is 11.6. The Morgan fingerprint density at radius 1 is 1.32 bits per heavy atom. The maximum Gasteiger partial charge on any atom is 0.408 e. The van der Waals surface area contributed by atoms with Crippen LogP contribution in [0.25, 0.3) is 0 Å². The lowest BCUT2D eigenvalue weighted by Gasteiger charge is -2.19. The molecule has 0 bridgehead atoms. The summed E-state index contributed by atoms with van der Waals surface area (Å²) in [7, 11) is 0. The number of nitrogens with one attached hydrogen (secondary N) is 2. The number of ketones is 1. The topological polar surface area (TPSA) is 84.5 Å². The van der Waals surface area contributed by atoms with Gasteiger partial charge in [0, 0.05) is 5.56 Å². The molecule has 0 aromatic heterocycles. The van der Waals surface area contributed by atoms with E-state index in [-0.39, 0.29) is 6.54 Å². The summed E-state index contributed by atoms with van der Waals surface area (Å²) in [6.07, 6.45) is -0.552. The van der Waals surface area contributed by atoms with E-state index in [0.717, 1.165) is 0 Å². The molecule has 0 unspecified atom stereocenters. The Hall–Kier alpha value is -2.81. The van der Waals surface area contributed by atoms with Crippen LogP contribution in [0.15, 0.2) is 18.2 Å². The zero-order chi connectivity index (χ0) is 16.3. The lowest BCUT2D eigenvalue weighted by molar-refractivity contribution is -0.112. The summed E-state index contributed by atoms with van der Waals surface area (Å²) >= 11 is 0. The number of anilines is 1. The van der Waals surface area contributed by atoms with Gasteiger partial charge in [0.1, 0.15) is 5.60 Å². The van der Waals surface area contributed by atoms with Gasteiger partial charge in [0.05, 0.1) is 17.8 Å². The highest BCUT2D eigenvalue weighted by Gasteiger charge is 2.29. The molecule has 6 heteroatoms. The number of hydrogen-bond acceptors (Lipinski definition) is 4. The first-order chi connectivity index (χ1) is 10.3. The summed E-state index contributed by atoms with van der Waals surface area (Å²) in [4.78, 5) is 34.4. The van der Waals surface area contributed by atoms with Crippen molar-refractivity contribution < 1.29 is 19.1 Å². The second-order valence-corrected chi connectivity index (χ2v) is 5.67. The highest BCUT2D eigenvalue weighted by molar-refractivity contribution is 6.51. The Morgan fingerprint density at radius 3 is 2.73 bits per heavy atom. The molecule has 114 valence electrons. The summed E-state index contributed by atoms with van der Waals surface area (Å²) < 4.78 is 5.07. The van der Waals surface area contributed by atoms with Crippen LogP contribution in [0.4, 0.5) is 10.5 Å². The van der Waals surface area contributed by atoms with Crippen molar-refractivity contribution in [1.82, 2.24) is 5.32 Å². The quantitative estimate of drug-likeness (QED) is 0.610. The number of alkyl carbamates (subject to hydrolysis) is 1. The highest BCUT2D eigenvalue weighted by atomic mass is 16.6.